The number of hydrogen-bond acceptors (Lipinski definition) is 7. The minimum atomic E-state index is -0.484. The molecular weight excluding hydrogens is 368 g/mol. The molecule has 1 amide bonds. The Hall–Kier alpha value is -3.46. The van der Waals surface area contributed by atoms with E-state index in [1.165, 1.54) is 24.3 Å². The second-order valence-corrected chi connectivity index (χ2v) is 6.13. The summed E-state index contributed by atoms with van der Waals surface area (Å²) in [7, 11) is 0. The van der Waals surface area contributed by atoms with Gasteiger partial charge in [-0.2, -0.15) is 0 Å². The number of aromatic nitrogens is 2. The summed E-state index contributed by atoms with van der Waals surface area (Å²) in [5.74, 6) is -0.142. The van der Waals surface area contributed by atoms with E-state index >= 15 is 0 Å². The Morgan fingerprint density at radius 2 is 1.93 bits per heavy atom. The Kier molecular flexibility index (Phi) is 5.62. The topological polar surface area (TPSA) is 111 Å². The maximum atomic E-state index is 12.0. The summed E-state index contributed by atoms with van der Waals surface area (Å²) in [5.41, 5.74) is 1.43. The molecule has 136 valence electrons. The van der Waals surface area contributed by atoms with E-state index in [-0.39, 0.29) is 11.7 Å². The van der Waals surface area contributed by atoms with Crippen LogP contribution in [0.3, 0.4) is 0 Å². The minimum absolute atomic E-state index is 0.0134. The molecule has 0 spiro atoms. The first-order valence-electron chi connectivity index (χ1n) is 7.77. The SMILES string of the molecule is CSc1ccccc1-c1nnc(NC(=O)/C=C\c2ccc([N+](=O)[O-])cc2)o1. The molecule has 0 aliphatic rings. The van der Waals surface area contributed by atoms with Crippen molar-refractivity contribution >= 4 is 35.4 Å². The molecule has 0 radical (unpaired) electrons. The zero-order valence-corrected chi connectivity index (χ0v) is 15.0. The average Bonchev–Trinajstić information content (AvgIpc) is 3.14. The maximum absolute atomic E-state index is 12.0. The molecule has 3 rings (SSSR count). The van der Waals surface area contributed by atoms with Crippen molar-refractivity contribution in [2.24, 2.45) is 0 Å². The summed E-state index contributed by atoms with van der Waals surface area (Å²) in [4.78, 5) is 23.1. The van der Waals surface area contributed by atoms with E-state index in [9.17, 15) is 14.9 Å². The highest BCUT2D eigenvalue weighted by Crippen LogP contribution is 2.29. The van der Waals surface area contributed by atoms with Crippen molar-refractivity contribution < 1.29 is 14.1 Å². The Labute approximate surface area is 158 Å². The van der Waals surface area contributed by atoms with Gasteiger partial charge < -0.3 is 4.42 Å². The molecule has 1 aromatic heterocycles. The third kappa shape index (κ3) is 4.59. The quantitative estimate of drug-likeness (QED) is 0.297. The highest BCUT2D eigenvalue weighted by molar-refractivity contribution is 7.98. The van der Waals surface area contributed by atoms with E-state index in [0.29, 0.717) is 11.5 Å². The maximum Gasteiger partial charge on any atom is 0.322 e. The van der Waals surface area contributed by atoms with Crippen molar-refractivity contribution in [3.05, 3.63) is 70.3 Å². The summed E-state index contributed by atoms with van der Waals surface area (Å²) >= 11 is 1.55. The molecule has 0 fully saturated rings. The van der Waals surface area contributed by atoms with Crippen LogP contribution in [0.1, 0.15) is 5.56 Å². The second-order valence-electron chi connectivity index (χ2n) is 5.28. The Balaban J connectivity index is 1.66. The zero-order valence-electron chi connectivity index (χ0n) is 14.2. The molecule has 0 saturated carbocycles. The van der Waals surface area contributed by atoms with Crippen molar-refractivity contribution in [1.82, 2.24) is 10.2 Å². The number of hydrogen-bond donors (Lipinski definition) is 1. The number of nitro benzene ring substituents is 1. The van der Waals surface area contributed by atoms with Crippen LogP contribution in [0.5, 0.6) is 0 Å². The number of non-ortho nitro benzene ring substituents is 1. The van der Waals surface area contributed by atoms with E-state index in [2.05, 4.69) is 15.5 Å². The van der Waals surface area contributed by atoms with Crippen molar-refractivity contribution in [1.29, 1.82) is 0 Å². The third-order valence-electron chi connectivity index (χ3n) is 3.52. The van der Waals surface area contributed by atoms with Gasteiger partial charge in [-0.25, -0.2) is 0 Å². The fraction of sp³-hybridized carbons (Fsp3) is 0.0556. The molecule has 0 aliphatic heterocycles. The van der Waals surface area contributed by atoms with Crippen molar-refractivity contribution in [3.63, 3.8) is 0 Å². The predicted molar refractivity (Wildman–Crippen MR) is 102 cm³/mol. The Morgan fingerprint density at radius 3 is 2.63 bits per heavy atom. The van der Waals surface area contributed by atoms with Crippen LogP contribution in [0, 0.1) is 10.1 Å². The van der Waals surface area contributed by atoms with Crippen molar-refractivity contribution in [3.8, 4) is 11.5 Å². The summed E-state index contributed by atoms with van der Waals surface area (Å²) in [5, 5.41) is 20.9. The first-order valence-corrected chi connectivity index (χ1v) is 8.99. The molecule has 1 N–H and O–H groups in total. The molecule has 0 saturated heterocycles. The van der Waals surface area contributed by atoms with Gasteiger partial charge >= 0.3 is 6.01 Å². The monoisotopic (exact) mass is 382 g/mol. The highest BCUT2D eigenvalue weighted by atomic mass is 32.2. The van der Waals surface area contributed by atoms with Gasteiger partial charge in [-0.15, -0.1) is 16.9 Å². The minimum Gasteiger partial charge on any atom is -0.403 e. The van der Waals surface area contributed by atoms with E-state index in [0.717, 1.165) is 10.5 Å². The van der Waals surface area contributed by atoms with Gasteiger partial charge in [-0.3, -0.25) is 20.2 Å². The van der Waals surface area contributed by atoms with Gasteiger partial charge in [0.25, 0.3) is 17.5 Å². The zero-order chi connectivity index (χ0) is 19.2. The van der Waals surface area contributed by atoms with Crippen LogP contribution in [0.2, 0.25) is 0 Å². The number of thioether (sulfide) groups is 1. The standard InChI is InChI=1S/C18H14N4O4S/c1-27-15-5-3-2-4-14(15)17-20-21-18(26-17)19-16(23)11-8-12-6-9-13(10-7-12)22(24)25/h2-11H,1H3,(H,19,21,23)/b11-8-. The van der Waals surface area contributed by atoms with Crippen LogP contribution in [0.15, 0.2) is 63.9 Å². The van der Waals surface area contributed by atoms with E-state index in [1.807, 2.05) is 30.5 Å². The van der Waals surface area contributed by atoms with Gasteiger partial charge in [-0.05, 0) is 42.2 Å². The van der Waals surface area contributed by atoms with Crippen molar-refractivity contribution in [2.75, 3.05) is 11.6 Å². The first kappa shape index (κ1) is 18.3. The van der Waals surface area contributed by atoms with Gasteiger partial charge in [0.2, 0.25) is 0 Å². The summed E-state index contributed by atoms with van der Waals surface area (Å²) < 4.78 is 5.50. The van der Waals surface area contributed by atoms with Crippen LogP contribution in [0.25, 0.3) is 17.5 Å². The molecule has 0 bridgehead atoms. The molecule has 2 aromatic carbocycles. The van der Waals surface area contributed by atoms with Crippen LogP contribution in [-0.4, -0.2) is 27.3 Å². The average molecular weight is 382 g/mol. The summed E-state index contributed by atoms with van der Waals surface area (Å²) in [6, 6.07) is 13.4. The van der Waals surface area contributed by atoms with Gasteiger partial charge in [0.05, 0.1) is 10.5 Å². The van der Waals surface area contributed by atoms with E-state index in [1.54, 1.807) is 23.9 Å². The van der Waals surface area contributed by atoms with Gasteiger partial charge in [0.1, 0.15) is 0 Å². The van der Waals surface area contributed by atoms with Gasteiger partial charge in [0.15, 0.2) is 0 Å². The lowest BCUT2D eigenvalue weighted by Crippen LogP contribution is -2.07. The first-order chi connectivity index (χ1) is 13.1. The number of anilines is 1. The predicted octanol–water partition coefficient (Wildman–Crippen LogP) is 4.02. The molecular formula is C18H14N4O4S. The number of rotatable bonds is 6. The number of nitro groups is 1. The molecule has 8 nitrogen and oxygen atoms in total. The molecule has 9 heteroatoms. The summed E-state index contributed by atoms with van der Waals surface area (Å²) in [6.45, 7) is 0. The number of nitrogens with one attached hydrogen (secondary N) is 1. The largest absolute Gasteiger partial charge is 0.403 e. The molecule has 27 heavy (non-hydrogen) atoms. The summed E-state index contributed by atoms with van der Waals surface area (Å²) in [6.07, 6.45) is 4.75. The van der Waals surface area contributed by atoms with Gasteiger partial charge in [0, 0.05) is 23.1 Å². The number of carbonyl (C=O) groups excluding carboxylic acids is 1. The Morgan fingerprint density at radius 1 is 1.19 bits per heavy atom. The lowest BCUT2D eigenvalue weighted by atomic mass is 10.2. The smallest absolute Gasteiger partial charge is 0.322 e. The molecule has 0 unspecified atom stereocenters. The van der Waals surface area contributed by atoms with Crippen LogP contribution < -0.4 is 5.32 Å². The molecule has 3 aromatic rings. The molecule has 0 aliphatic carbocycles. The van der Waals surface area contributed by atoms with E-state index < -0.39 is 10.8 Å². The number of benzene rings is 2. The normalized spacial score (nSPS) is 10.9. The fourth-order valence-corrected chi connectivity index (χ4v) is 2.82. The van der Waals surface area contributed by atoms with E-state index in [4.69, 9.17) is 4.42 Å². The lowest BCUT2D eigenvalue weighted by molar-refractivity contribution is -0.384. The Bertz CT molecular complexity index is 999. The third-order valence-corrected chi connectivity index (χ3v) is 4.32. The lowest BCUT2D eigenvalue weighted by Gasteiger charge is -2.01. The van der Waals surface area contributed by atoms with Gasteiger partial charge in [-0.1, -0.05) is 17.2 Å². The number of nitrogens with zero attached hydrogens (tertiary/aromatic N) is 3. The highest BCUT2D eigenvalue weighted by Gasteiger charge is 2.13. The molecule has 0 atom stereocenters. The fourth-order valence-electron chi connectivity index (χ4n) is 2.23. The van der Waals surface area contributed by atoms with Crippen LogP contribution in [0.4, 0.5) is 11.7 Å². The van der Waals surface area contributed by atoms with Crippen LogP contribution in [-0.2, 0) is 4.79 Å². The molecule has 1 heterocycles. The number of carbonyl (C=O) groups is 1. The van der Waals surface area contributed by atoms with Crippen LogP contribution >= 0.6 is 11.8 Å². The van der Waals surface area contributed by atoms with Crippen molar-refractivity contribution in [2.45, 2.75) is 4.90 Å². The second kappa shape index (κ2) is 8.28. The number of amides is 1.